The highest BCUT2D eigenvalue weighted by molar-refractivity contribution is 6.23. The molecule has 0 bridgehead atoms. The van der Waals surface area contributed by atoms with E-state index in [2.05, 4.69) is 30.0 Å². The quantitative estimate of drug-likeness (QED) is 0.134. The molecule has 57 heavy (non-hydrogen) atoms. The van der Waals surface area contributed by atoms with Crippen LogP contribution >= 0.6 is 0 Å². The molecule has 2 aromatic carbocycles. The van der Waals surface area contributed by atoms with Crippen molar-refractivity contribution in [3.8, 4) is 11.4 Å². The molecule has 2 unspecified atom stereocenters. The number of likely N-dealkylation sites (tertiary alicyclic amines) is 1. The first-order valence-electron chi connectivity index (χ1n) is 19.6. The minimum atomic E-state index is -0.982. The number of hydrogen-bond acceptors (Lipinski definition) is 10. The molecule has 7 heterocycles. The number of amides is 4. The van der Waals surface area contributed by atoms with E-state index >= 15 is 0 Å². The van der Waals surface area contributed by atoms with Gasteiger partial charge >= 0.3 is 0 Å². The Morgan fingerprint density at radius 3 is 2.49 bits per heavy atom. The molecule has 4 aromatic rings. The largest absolute Gasteiger partial charge is 0.370 e. The molecule has 9 rings (SSSR count). The number of anilines is 2. The number of hydrogen-bond donors (Lipinski definition) is 3. The second kappa shape index (κ2) is 15.0. The number of carbonyl (C=O) groups excluding carboxylic acids is 4. The van der Waals surface area contributed by atoms with Crippen LogP contribution in [0.25, 0.3) is 17.5 Å². The zero-order valence-corrected chi connectivity index (χ0v) is 31.4. The Labute approximate surface area is 328 Å². The van der Waals surface area contributed by atoms with Crippen LogP contribution in [0.5, 0.6) is 0 Å². The third kappa shape index (κ3) is 7.07. The van der Waals surface area contributed by atoms with Crippen molar-refractivity contribution in [3.05, 3.63) is 101 Å². The molecule has 4 fully saturated rings. The van der Waals surface area contributed by atoms with E-state index in [0.29, 0.717) is 23.3 Å². The van der Waals surface area contributed by atoms with Crippen molar-refractivity contribution in [2.75, 3.05) is 55.6 Å². The summed E-state index contributed by atoms with van der Waals surface area (Å²) in [5, 5.41) is 11.0. The molecule has 5 aliphatic heterocycles. The number of fused-ring (bicyclic) bond motifs is 1. The normalized spacial score (nSPS) is 22.9. The van der Waals surface area contributed by atoms with Crippen molar-refractivity contribution in [2.45, 2.75) is 50.2 Å². The summed E-state index contributed by atoms with van der Waals surface area (Å²) >= 11 is 0. The number of nitrogens with one attached hydrogen (secondary N) is 3. The van der Waals surface area contributed by atoms with Crippen molar-refractivity contribution in [3.63, 3.8) is 0 Å². The predicted molar refractivity (Wildman–Crippen MR) is 211 cm³/mol. The van der Waals surface area contributed by atoms with Gasteiger partial charge in [0.25, 0.3) is 11.8 Å². The number of aromatic amines is 1. The number of carbonyl (C=O) groups is 4. The molecule has 3 atom stereocenters. The molecule has 0 radical (unpaired) electrons. The van der Waals surface area contributed by atoms with Crippen LogP contribution in [0, 0.1) is 11.2 Å². The summed E-state index contributed by atoms with van der Waals surface area (Å²) in [6.45, 7) is 5.77. The second-order valence-corrected chi connectivity index (χ2v) is 15.3. The molecule has 2 aromatic heterocycles. The van der Waals surface area contributed by atoms with Gasteiger partial charge in [-0.25, -0.2) is 14.4 Å². The highest BCUT2D eigenvalue weighted by Crippen LogP contribution is 2.34. The van der Waals surface area contributed by atoms with Gasteiger partial charge in [-0.3, -0.25) is 39.7 Å². The summed E-state index contributed by atoms with van der Waals surface area (Å²) in [6.07, 6.45) is 8.30. The first-order chi connectivity index (χ1) is 27.7. The lowest BCUT2D eigenvalue weighted by Crippen LogP contribution is -2.54. The molecule has 14 nitrogen and oxygen atoms in total. The highest BCUT2D eigenvalue weighted by atomic mass is 19.1. The number of H-pyrrole nitrogens is 1. The van der Waals surface area contributed by atoms with E-state index in [0.717, 1.165) is 98.4 Å². The first kappa shape index (κ1) is 36.4. The van der Waals surface area contributed by atoms with Gasteiger partial charge in [0, 0.05) is 64.0 Å². The average molecular weight is 771 g/mol. The Morgan fingerprint density at radius 2 is 1.67 bits per heavy atom. The van der Waals surface area contributed by atoms with Crippen LogP contribution in [0.15, 0.2) is 72.9 Å². The van der Waals surface area contributed by atoms with Gasteiger partial charge in [-0.1, -0.05) is 18.2 Å². The van der Waals surface area contributed by atoms with Crippen LogP contribution in [-0.4, -0.2) is 117 Å². The molecule has 15 heteroatoms. The number of benzene rings is 2. The Bertz CT molecular complexity index is 2300. The van der Waals surface area contributed by atoms with Gasteiger partial charge in [0.1, 0.15) is 29.3 Å². The summed E-state index contributed by atoms with van der Waals surface area (Å²) in [7, 11) is 0. The van der Waals surface area contributed by atoms with Gasteiger partial charge in [-0.2, -0.15) is 0 Å². The van der Waals surface area contributed by atoms with E-state index in [-0.39, 0.29) is 30.3 Å². The monoisotopic (exact) mass is 770 g/mol. The van der Waals surface area contributed by atoms with E-state index < -0.39 is 29.7 Å². The number of piperazine rings is 1. The maximum Gasteiger partial charge on any atom is 0.262 e. The van der Waals surface area contributed by atoms with Gasteiger partial charge in [0.15, 0.2) is 0 Å². The summed E-state index contributed by atoms with van der Waals surface area (Å²) in [4.78, 5) is 73.6. The molecule has 4 saturated heterocycles. The number of amidine groups is 1. The first-order valence-corrected chi connectivity index (χ1v) is 19.6. The molecular formula is C42H43FN10O4. The maximum absolute atomic E-state index is 13.9. The number of pyridine rings is 1. The molecule has 4 amide bonds. The molecule has 0 aliphatic carbocycles. The minimum Gasteiger partial charge on any atom is -0.370 e. The van der Waals surface area contributed by atoms with Crippen LogP contribution in [0.2, 0.25) is 0 Å². The van der Waals surface area contributed by atoms with Crippen molar-refractivity contribution in [2.24, 2.45) is 0 Å². The summed E-state index contributed by atoms with van der Waals surface area (Å²) in [5.74, 6) is -0.378. The van der Waals surface area contributed by atoms with E-state index in [9.17, 15) is 23.6 Å². The Kier molecular flexibility index (Phi) is 9.60. The second-order valence-electron chi connectivity index (χ2n) is 15.3. The van der Waals surface area contributed by atoms with Crippen molar-refractivity contribution in [1.29, 1.82) is 5.41 Å². The number of halogens is 1. The Morgan fingerprint density at radius 1 is 0.842 bits per heavy atom. The Hall–Kier alpha value is -6.22. The van der Waals surface area contributed by atoms with Crippen LogP contribution in [0.1, 0.15) is 70.2 Å². The molecular weight excluding hydrogens is 728 g/mol. The minimum absolute atomic E-state index is 0.0211. The van der Waals surface area contributed by atoms with Gasteiger partial charge < -0.3 is 19.7 Å². The average Bonchev–Trinajstić information content (AvgIpc) is 4.05. The van der Waals surface area contributed by atoms with Crippen LogP contribution in [0.4, 0.5) is 15.9 Å². The fourth-order valence-corrected chi connectivity index (χ4v) is 8.92. The van der Waals surface area contributed by atoms with E-state index in [1.165, 1.54) is 6.07 Å². The summed E-state index contributed by atoms with van der Waals surface area (Å²) in [6, 6.07) is 17.3. The lowest BCUT2D eigenvalue weighted by atomic mass is 10.0. The fourth-order valence-electron chi connectivity index (χ4n) is 8.92. The SMILES string of the molecule is N=C(/C=C\c1ncc(-c2cccc(N3CCN(C4CCN(c5ccc6c(c5)C(=O)N(C5CCC(=O)NC5=O)C6=O)C4)CC3)n2)[nH]1)N1CCC[C@@H]1c1cccc(F)c1. The van der Waals surface area contributed by atoms with E-state index in [1.54, 1.807) is 42.6 Å². The van der Waals surface area contributed by atoms with Crippen LogP contribution in [-0.2, 0) is 9.59 Å². The van der Waals surface area contributed by atoms with Gasteiger partial charge in [-0.05, 0) is 85.9 Å². The molecule has 3 N–H and O–H groups in total. The number of imide groups is 2. The lowest BCUT2D eigenvalue weighted by Gasteiger charge is -2.38. The summed E-state index contributed by atoms with van der Waals surface area (Å²) < 4.78 is 13.9. The number of rotatable bonds is 8. The van der Waals surface area contributed by atoms with Crippen molar-refractivity contribution < 1.29 is 23.6 Å². The van der Waals surface area contributed by atoms with Crippen molar-refractivity contribution in [1.82, 2.24) is 35.0 Å². The molecule has 0 spiro atoms. The number of piperidine rings is 1. The number of imidazole rings is 1. The van der Waals surface area contributed by atoms with Gasteiger partial charge in [0.05, 0.1) is 34.8 Å². The van der Waals surface area contributed by atoms with Crippen molar-refractivity contribution >= 4 is 47.0 Å². The summed E-state index contributed by atoms with van der Waals surface area (Å²) in [5.41, 5.74) is 3.91. The predicted octanol–water partition coefficient (Wildman–Crippen LogP) is 4.24. The zero-order valence-electron chi connectivity index (χ0n) is 31.4. The van der Waals surface area contributed by atoms with Gasteiger partial charge in [-0.15, -0.1) is 0 Å². The zero-order chi connectivity index (χ0) is 39.2. The lowest BCUT2D eigenvalue weighted by molar-refractivity contribution is -0.136. The third-order valence-electron chi connectivity index (χ3n) is 11.9. The number of aromatic nitrogens is 3. The Balaban J connectivity index is 0.789. The van der Waals surface area contributed by atoms with Crippen LogP contribution in [0.3, 0.4) is 0 Å². The standard InChI is InChI=1S/C42H43FN10O4/c43-27-5-1-4-26(22-27)34-7-3-16-52(34)36(44)12-13-37-45-24-33(46-37)32-6-2-8-38(47-32)50-20-18-49(19-21-50)29-15-17-51(25-29)28-9-10-30-31(23-28)42(57)53(41(30)56)35-11-14-39(54)48-40(35)55/h1-2,4-6,8-10,12-13,22-24,29,34-35,44H,3,7,11,14-21,25H2,(H,45,46)(H,48,54,55)/b13-12-,44-36?/t29?,34-,35?/m1/s1. The maximum atomic E-state index is 13.9. The smallest absolute Gasteiger partial charge is 0.262 e. The third-order valence-corrected chi connectivity index (χ3v) is 11.9. The van der Waals surface area contributed by atoms with Crippen LogP contribution < -0.4 is 15.1 Å². The topological polar surface area (TPSA) is 162 Å². The fraction of sp³-hybridized carbons (Fsp3) is 0.357. The molecule has 0 saturated carbocycles. The molecule has 292 valence electrons. The van der Waals surface area contributed by atoms with E-state index in [4.69, 9.17) is 10.4 Å². The van der Waals surface area contributed by atoms with Gasteiger partial charge in [0.2, 0.25) is 11.8 Å². The van der Waals surface area contributed by atoms with E-state index in [1.807, 2.05) is 35.2 Å². The number of nitrogens with zero attached hydrogens (tertiary/aromatic N) is 7. The molecule has 5 aliphatic rings. The highest BCUT2D eigenvalue weighted by Gasteiger charge is 2.45.